The second-order valence-corrected chi connectivity index (χ2v) is 7.86. The Morgan fingerprint density at radius 3 is 2.76 bits per heavy atom. The number of benzene rings is 1. The number of carbonyl (C=O) groups excluding carboxylic acids is 2. The molecular weight excluding hydrogens is 370 g/mol. The van der Waals surface area contributed by atoms with Crippen molar-refractivity contribution in [2.45, 2.75) is 57.5 Å². The van der Waals surface area contributed by atoms with Gasteiger partial charge in [0.2, 0.25) is 5.91 Å². The highest BCUT2D eigenvalue weighted by molar-refractivity contribution is 6.00. The highest BCUT2D eigenvalue weighted by atomic mass is 16.4. The number of unbranched alkanes of at least 4 members (excludes halogenated alkanes) is 1. The number of hydrogen-bond acceptors (Lipinski definition) is 3. The molecule has 1 heterocycles. The Hall–Kier alpha value is -2.83. The number of fused-ring (bicyclic) bond motifs is 1. The van der Waals surface area contributed by atoms with Gasteiger partial charge in [0.15, 0.2) is 0 Å². The molecule has 0 saturated heterocycles. The van der Waals surface area contributed by atoms with Crippen LogP contribution in [0.4, 0.5) is 0 Å². The summed E-state index contributed by atoms with van der Waals surface area (Å²) in [6.07, 6.45) is 6.16. The minimum atomic E-state index is -0.877. The van der Waals surface area contributed by atoms with E-state index in [1.807, 2.05) is 42.9 Å². The first-order valence-electron chi connectivity index (χ1n) is 10.3. The van der Waals surface area contributed by atoms with Gasteiger partial charge in [-0.25, -0.2) is 0 Å². The fourth-order valence-electron chi connectivity index (χ4n) is 4.05. The molecule has 3 atom stereocenters. The Bertz CT molecular complexity index is 905. The molecule has 1 aromatic heterocycles. The van der Waals surface area contributed by atoms with E-state index in [9.17, 15) is 19.5 Å². The van der Waals surface area contributed by atoms with Crippen LogP contribution in [0.2, 0.25) is 0 Å². The van der Waals surface area contributed by atoms with Gasteiger partial charge in [-0.1, -0.05) is 26.2 Å². The highest BCUT2D eigenvalue weighted by Gasteiger charge is 2.35. The molecule has 7 nitrogen and oxygen atoms in total. The molecule has 0 spiro atoms. The van der Waals surface area contributed by atoms with Crippen molar-refractivity contribution >= 4 is 28.7 Å². The van der Waals surface area contributed by atoms with Gasteiger partial charge < -0.3 is 20.3 Å². The Labute approximate surface area is 170 Å². The fraction of sp³-hybridized carbons (Fsp3) is 0.500. The first kappa shape index (κ1) is 20.9. The van der Waals surface area contributed by atoms with Crippen molar-refractivity contribution in [2.24, 2.45) is 13.0 Å². The molecule has 0 radical (unpaired) electrons. The van der Waals surface area contributed by atoms with Crippen molar-refractivity contribution in [1.29, 1.82) is 0 Å². The molecule has 1 fully saturated rings. The second-order valence-electron chi connectivity index (χ2n) is 7.86. The van der Waals surface area contributed by atoms with Crippen molar-refractivity contribution in [1.82, 2.24) is 15.2 Å². The number of rotatable bonds is 8. The quantitative estimate of drug-likeness (QED) is 0.635. The topological polar surface area (TPSA) is 100 Å². The third-order valence-corrected chi connectivity index (χ3v) is 5.78. The zero-order valence-electron chi connectivity index (χ0n) is 17.0. The first-order valence-corrected chi connectivity index (χ1v) is 10.3. The third kappa shape index (κ3) is 4.78. The van der Waals surface area contributed by atoms with Crippen LogP contribution >= 0.6 is 0 Å². The number of aromatic nitrogens is 1. The monoisotopic (exact) mass is 399 g/mol. The van der Waals surface area contributed by atoms with E-state index in [4.69, 9.17) is 0 Å². The van der Waals surface area contributed by atoms with Gasteiger partial charge in [0.1, 0.15) is 6.04 Å². The third-order valence-electron chi connectivity index (χ3n) is 5.78. The van der Waals surface area contributed by atoms with Crippen LogP contribution in [0.5, 0.6) is 0 Å². The van der Waals surface area contributed by atoms with Gasteiger partial charge in [-0.05, 0) is 43.5 Å². The van der Waals surface area contributed by atoms with Crippen LogP contribution in [0.3, 0.4) is 0 Å². The molecule has 3 N–H and O–H groups in total. The van der Waals surface area contributed by atoms with Gasteiger partial charge in [-0.2, -0.15) is 0 Å². The molecule has 2 aromatic rings. The summed E-state index contributed by atoms with van der Waals surface area (Å²) in [6.45, 7) is 2.03. The number of hydrogen-bond donors (Lipinski definition) is 3. The molecule has 0 aliphatic heterocycles. The highest BCUT2D eigenvalue weighted by Crippen LogP contribution is 2.26. The van der Waals surface area contributed by atoms with Crippen LogP contribution in [-0.2, 0) is 16.6 Å². The van der Waals surface area contributed by atoms with E-state index >= 15 is 0 Å². The Kier molecular flexibility index (Phi) is 6.56. The molecule has 7 heteroatoms. The molecule has 0 bridgehead atoms. The number of nitrogens with zero attached hydrogens (tertiary/aromatic N) is 1. The molecule has 1 aliphatic carbocycles. The summed E-state index contributed by atoms with van der Waals surface area (Å²) in [5.74, 6) is -2.03. The maximum absolute atomic E-state index is 12.8. The SMILES string of the molecule is CCCC[C@H](NC(=O)c1ccc2c(ccn2C)c1)C(=O)N[C@H]1CCC[C@H]1C(=O)O. The minimum Gasteiger partial charge on any atom is -0.481 e. The number of carboxylic acid groups (broad SMARTS) is 1. The number of nitrogens with one attached hydrogen (secondary N) is 2. The maximum Gasteiger partial charge on any atom is 0.308 e. The van der Waals surface area contributed by atoms with Crippen LogP contribution in [0.1, 0.15) is 55.8 Å². The van der Waals surface area contributed by atoms with E-state index in [1.165, 1.54) is 0 Å². The lowest BCUT2D eigenvalue weighted by molar-refractivity contribution is -0.142. The predicted molar refractivity (Wildman–Crippen MR) is 111 cm³/mol. The molecule has 2 amide bonds. The van der Waals surface area contributed by atoms with E-state index in [0.717, 1.165) is 30.2 Å². The van der Waals surface area contributed by atoms with Crippen LogP contribution in [-0.4, -0.2) is 39.5 Å². The van der Waals surface area contributed by atoms with Crippen LogP contribution in [0, 0.1) is 5.92 Å². The van der Waals surface area contributed by atoms with Crippen molar-refractivity contribution < 1.29 is 19.5 Å². The maximum atomic E-state index is 12.8. The van der Waals surface area contributed by atoms with Crippen molar-refractivity contribution in [3.63, 3.8) is 0 Å². The lowest BCUT2D eigenvalue weighted by atomic mass is 10.0. The smallest absolute Gasteiger partial charge is 0.308 e. The Morgan fingerprint density at radius 1 is 1.24 bits per heavy atom. The molecule has 1 aliphatic rings. The largest absolute Gasteiger partial charge is 0.481 e. The van der Waals surface area contributed by atoms with Crippen molar-refractivity contribution in [3.05, 3.63) is 36.0 Å². The molecule has 29 heavy (non-hydrogen) atoms. The lowest BCUT2D eigenvalue weighted by Gasteiger charge is -2.23. The molecular formula is C22H29N3O4. The fourth-order valence-corrected chi connectivity index (χ4v) is 4.05. The van der Waals surface area contributed by atoms with Gasteiger partial charge in [0, 0.05) is 35.8 Å². The van der Waals surface area contributed by atoms with Crippen molar-refractivity contribution in [2.75, 3.05) is 0 Å². The molecule has 156 valence electrons. The number of aryl methyl sites for hydroxylation is 1. The van der Waals surface area contributed by atoms with Crippen LogP contribution in [0.15, 0.2) is 30.5 Å². The standard InChI is InChI=1S/C22H29N3O4/c1-3-4-7-18(21(27)23-17-8-5-6-16(17)22(28)29)24-20(26)15-9-10-19-14(13-15)11-12-25(19)2/h9-13,16-18H,3-8H2,1-2H3,(H,23,27)(H,24,26)(H,28,29)/t16-,17+,18+/m1/s1. The molecule has 0 unspecified atom stereocenters. The summed E-state index contributed by atoms with van der Waals surface area (Å²) >= 11 is 0. The van der Waals surface area contributed by atoms with Gasteiger partial charge >= 0.3 is 5.97 Å². The average Bonchev–Trinajstić information content (AvgIpc) is 3.31. The predicted octanol–water partition coefficient (Wildman–Crippen LogP) is 2.84. The summed E-state index contributed by atoms with van der Waals surface area (Å²) < 4.78 is 1.98. The Balaban J connectivity index is 1.70. The second kappa shape index (κ2) is 9.11. The average molecular weight is 399 g/mol. The van der Waals surface area contributed by atoms with Crippen LogP contribution in [0.25, 0.3) is 10.9 Å². The van der Waals surface area contributed by atoms with Crippen LogP contribution < -0.4 is 10.6 Å². The number of amides is 2. The van der Waals surface area contributed by atoms with Crippen molar-refractivity contribution in [3.8, 4) is 0 Å². The summed E-state index contributed by atoms with van der Waals surface area (Å²) in [7, 11) is 1.95. The van der Waals surface area contributed by atoms with E-state index in [0.29, 0.717) is 24.8 Å². The van der Waals surface area contributed by atoms with E-state index in [-0.39, 0.29) is 17.9 Å². The normalized spacial score (nSPS) is 19.8. The summed E-state index contributed by atoms with van der Waals surface area (Å²) in [5.41, 5.74) is 1.53. The van der Waals surface area contributed by atoms with Gasteiger partial charge in [0.25, 0.3) is 5.91 Å². The molecule has 1 saturated carbocycles. The summed E-state index contributed by atoms with van der Waals surface area (Å²) in [6, 6.07) is 6.35. The summed E-state index contributed by atoms with van der Waals surface area (Å²) in [5, 5.41) is 16.0. The number of carboxylic acids is 1. The lowest BCUT2D eigenvalue weighted by Crippen LogP contribution is -2.51. The summed E-state index contributed by atoms with van der Waals surface area (Å²) in [4.78, 5) is 37.0. The van der Waals surface area contributed by atoms with Gasteiger partial charge in [-0.3, -0.25) is 14.4 Å². The Morgan fingerprint density at radius 2 is 2.03 bits per heavy atom. The molecule has 1 aromatic carbocycles. The van der Waals surface area contributed by atoms with E-state index in [1.54, 1.807) is 6.07 Å². The van der Waals surface area contributed by atoms with E-state index < -0.39 is 17.9 Å². The first-order chi connectivity index (χ1) is 13.9. The van der Waals surface area contributed by atoms with Gasteiger partial charge in [0.05, 0.1) is 5.92 Å². The minimum absolute atomic E-state index is 0.298. The zero-order valence-corrected chi connectivity index (χ0v) is 17.0. The zero-order chi connectivity index (χ0) is 21.0. The van der Waals surface area contributed by atoms with Gasteiger partial charge in [-0.15, -0.1) is 0 Å². The number of carbonyl (C=O) groups is 3. The van der Waals surface area contributed by atoms with E-state index in [2.05, 4.69) is 10.6 Å². The number of aliphatic carboxylic acids is 1. The molecule has 3 rings (SSSR count).